The lowest BCUT2D eigenvalue weighted by Crippen LogP contribution is -2.36. The second kappa shape index (κ2) is 7.59. The van der Waals surface area contributed by atoms with Crippen molar-refractivity contribution in [3.63, 3.8) is 0 Å². The van der Waals surface area contributed by atoms with E-state index in [1.54, 1.807) is 4.68 Å². The minimum Gasteiger partial charge on any atom is -0.331 e. The van der Waals surface area contributed by atoms with Crippen molar-refractivity contribution in [3.8, 4) is 17.1 Å². The van der Waals surface area contributed by atoms with Gasteiger partial charge in [-0.1, -0.05) is 72.3 Å². The molecule has 1 aromatic heterocycles. The Morgan fingerprint density at radius 1 is 0.867 bits per heavy atom. The minimum absolute atomic E-state index is 0.132. The standard InChI is InChI=1S/C25H22N4O/c1-18-11-13-22(14-12-18)29-24(20-8-3-2-4-9-20)26-23(27-29)25(30)28-16-15-19-7-5-6-10-21(19)17-28/h2-14H,15-17H2,1H3. The molecule has 30 heavy (non-hydrogen) atoms. The average Bonchev–Trinajstić information content (AvgIpc) is 3.25. The molecule has 0 saturated carbocycles. The SMILES string of the molecule is Cc1ccc(-n2nc(C(=O)N3CCc4ccccc4C3)nc2-c2ccccc2)cc1. The molecule has 0 spiro atoms. The number of hydrogen-bond acceptors (Lipinski definition) is 3. The molecule has 4 aromatic rings. The van der Waals surface area contributed by atoms with Gasteiger partial charge in [0.2, 0.25) is 5.82 Å². The number of rotatable bonds is 3. The summed E-state index contributed by atoms with van der Waals surface area (Å²) in [6.45, 7) is 3.32. The maximum atomic E-state index is 13.3. The topological polar surface area (TPSA) is 51.0 Å². The van der Waals surface area contributed by atoms with Crippen LogP contribution in [-0.4, -0.2) is 32.1 Å². The lowest BCUT2D eigenvalue weighted by molar-refractivity contribution is 0.0722. The van der Waals surface area contributed by atoms with E-state index < -0.39 is 0 Å². The summed E-state index contributed by atoms with van der Waals surface area (Å²) in [6, 6.07) is 26.2. The number of aromatic nitrogens is 3. The van der Waals surface area contributed by atoms with E-state index in [-0.39, 0.29) is 11.7 Å². The van der Waals surface area contributed by atoms with Gasteiger partial charge < -0.3 is 4.90 Å². The lowest BCUT2D eigenvalue weighted by Gasteiger charge is -2.27. The first-order chi connectivity index (χ1) is 14.7. The maximum Gasteiger partial charge on any atom is 0.293 e. The first-order valence-corrected chi connectivity index (χ1v) is 10.1. The zero-order valence-corrected chi connectivity index (χ0v) is 16.8. The van der Waals surface area contributed by atoms with E-state index in [4.69, 9.17) is 0 Å². The van der Waals surface area contributed by atoms with Gasteiger partial charge in [-0.25, -0.2) is 9.67 Å². The third-order valence-electron chi connectivity index (χ3n) is 5.53. The first kappa shape index (κ1) is 18.3. The molecule has 148 valence electrons. The van der Waals surface area contributed by atoms with Crippen molar-refractivity contribution in [1.82, 2.24) is 19.7 Å². The molecule has 0 bridgehead atoms. The van der Waals surface area contributed by atoms with Gasteiger partial charge >= 0.3 is 0 Å². The Morgan fingerprint density at radius 3 is 2.33 bits per heavy atom. The summed E-state index contributed by atoms with van der Waals surface area (Å²) in [5.74, 6) is 0.765. The van der Waals surface area contributed by atoms with Gasteiger partial charge in [0.1, 0.15) is 0 Å². The molecule has 3 aromatic carbocycles. The predicted octanol–water partition coefficient (Wildman–Crippen LogP) is 4.44. The molecule has 5 rings (SSSR count). The van der Waals surface area contributed by atoms with Gasteiger partial charge in [-0.3, -0.25) is 4.79 Å². The maximum absolute atomic E-state index is 13.3. The van der Waals surface area contributed by atoms with E-state index >= 15 is 0 Å². The van der Waals surface area contributed by atoms with Gasteiger partial charge in [-0.15, -0.1) is 5.10 Å². The molecule has 5 nitrogen and oxygen atoms in total. The molecule has 0 saturated heterocycles. The van der Waals surface area contributed by atoms with Crippen LogP contribution in [0.2, 0.25) is 0 Å². The Bertz CT molecular complexity index is 1200. The fourth-order valence-electron chi connectivity index (χ4n) is 3.85. The van der Waals surface area contributed by atoms with E-state index in [9.17, 15) is 4.79 Å². The second-order valence-electron chi connectivity index (χ2n) is 7.62. The van der Waals surface area contributed by atoms with Gasteiger partial charge in [0.15, 0.2) is 5.82 Å². The summed E-state index contributed by atoms with van der Waals surface area (Å²) in [7, 11) is 0. The fraction of sp³-hybridized carbons (Fsp3) is 0.160. The summed E-state index contributed by atoms with van der Waals surface area (Å²) in [6.07, 6.45) is 0.853. The van der Waals surface area contributed by atoms with E-state index in [0.29, 0.717) is 18.9 Å². The Hall–Kier alpha value is -3.73. The summed E-state index contributed by atoms with van der Waals surface area (Å²) >= 11 is 0. The smallest absolute Gasteiger partial charge is 0.293 e. The second-order valence-corrected chi connectivity index (χ2v) is 7.62. The molecule has 5 heteroatoms. The number of benzene rings is 3. The molecule has 1 amide bonds. The summed E-state index contributed by atoms with van der Waals surface area (Å²) in [4.78, 5) is 19.8. The lowest BCUT2D eigenvalue weighted by atomic mass is 10.00. The fourth-order valence-corrected chi connectivity index (χ4v) is 3.85. The highest BCUT2D eigenvalue weighted by Crippen LogP contribution is 2.24. The highest BCUT2D eigenvalue weighted by molar-refractivity contribution is 5.91. The molecule has 0 N–H and O–H groups in total. The Kier molecular flexibility index (Phi) is 4.64. The van der Waals surface area contributed by atoms with Crippen LogP contribution in [-0.2, 0) is 13.0 Å². The molecule has 0 radical (unpaired) electrons. The van der Waals surface area contributed by atoms with E-state index in [1.165, 1.54) is 16.7 Å². The van der Waals surface area contributed by atoms with Crippen molar-refractivity contribution in [2.75, 3.05) is 6.54 Å². The van der Waals surface area contributed by atoms with Gasteiger partial charge in [-0.05, 0) is 36.6 Å². The van der Waals surface area contributed by atoms with Crippen molar-refractivity contribution in [1.29, 1.82) is 0 Å². The van der Waals surface area contributed by atoms with Crippen LogP contribution in [0.4, 0.5) is 0 Å². The highest BCUT2D eigenvalue weighted by atomic mass is 16.2. The van der Waals surface area contributed by atoms with Gasteiger partial charge in [-0.2, -0.15) is 0 Å². The molecule has 0 aliphatic carbocycles. The third kappa shape index (κ3) is 3.39. The Labute approximate surface area is 175 Å². The number of fused-ring (bicyclic) bond motifs is 1. The number of amides is 1. The summed E-state index contributed by atoms with van der Waals surface area (Å²) < 4.78 is 1.76. The summed E-state index contributed by atoms with van der Waals surface area (Å²) in [5, 5.41) is 4.63. The van der Waals surface area contributed by atoms with Gasteiger partial charge in [0.25, 0.3) is 5.91 Å². The van der Waals surface area contributed by atoms with Crippen LogP contribution in [0.5, 0.6) is 0 Å². The Morgan fingerprint density at radius 2 is 1.57 bits per heavy atom. The number of carbonyl (C=O) groups excluding carboxylic acids is 1. The number of hydrogen-bond donors (Lipinski definition) is 0. The van der Waals surface area contributed by atoms with Crippen LogP contribution in [0.25, 0.3) is 17.1 Å². The first-order valence-electron chi connectivity index (χ1n) is 10.1. The monoisotopic (exact) mass is 394 g/mol. The van der Waals surface area contributed by atoms with Crippen LogP contribution >= 0.6 is 0 Å². The average molecular weight is 394 g/mol. The van der Waals surface area contributed by atoms with Crippen LogP contribution in [0.3, 0.4) is 0 Å². The van der Waals surface area contributed by atoms with Crippen LogP contribution in [0.1, 0.15) is 27.3 Å². The van der Waals surface area contributed by atoms with Crippen LogP contribution < -0.4 is 0 Å². The molecule has 1 aliphatic rings. The number of aryl methyl sites for hydroxylation is 1. The van der Waals surface area contributed by atoms with E-state index in [1.807, 2.05) is 78.6 Å². The van der Waals surface area contributed by atoms with Crippen LogP contribution in [0.15, 0.2) is 78.9 Å². The molecule has 1 aliphatic heterocycles. The molecule has 0 atom stereocenters. The van der Waals surface area contributed by atoms with Crippen molar-refractivity contribution in [3.05, 3.63) is 101 Å². The number of nitrogens with zero attached hydrogens (tertiary/aromatic N) is 4. The van der Waals surface area contributed by atoms with Crippen molar-refractivity contribution < 1.29 is 4.79 Å². The molecular weight excluding hydrogens is 372 g/mol. The minimum atomic E-state index is -0.132. The number of carbonyl (C=O) groups is 1. The molecular formula is C25H22N4O. The van der Waals surface area contributed by atoms with Crippen molar-refractivity contribution in [2.24, 2.45) is 0 Å². The van der Waals surface area contributed by atoms with E-state index in [2.05, 4.69) is 22.2 Å². The highest BCUT2D eigenvalue weighted by Gasteiger charge is 2.26. The van der Waals surface area contributed by atoms with Gasteiger partial charge in [0.05, 0.1) is 5.69 Å². The van der Waals surface area contributed by atoms with Crippen molar-refractivity contribution >= 4 is 5.91 Å². The largest absolute Gasteiger partial charge is 0.331 e. The predicted molar refractivity (Wildman–Crippen MR) is 116 cm³/mol. The summed E-state index contributed by atoms with van der Waals surface area (Å²) in [5.41, 5.74) is 5.48. The van der Waals surface area contributed by atoms with Crippen molar-refractivity contribution in [2.45, 2.75) is 19.9 Å². The zero-order valence-electron chi connectivity index (χ0n) is 16.8. The van der Waals surface area contributed by atoms with Crippen LogP contribution in [0, 0.1) is 6.92 Å². The molecule has 0 fully saturated rings. The quantitative estimate of drug-likeness (QED) is 0.516. The zero-order chi connectivity index (χ0) is 20.5. The normalized spacial score (nSPS) is 13.2. The Balaban J connectivity index is 1.53. The van der Waals surface area contributed by atoms with E-state index in [0.717, 1.165) is 17.7 Å². The van der Waals surface area contributed by atoms with Gasteiger partial charge in [0, 0.05) is 18.7 Å². The third-order valence-corrected chi connectivity index (χ3v) is 5.53. The molecule has 0 unspecified atom stereocenters. The molecule has 2 heterocycles.